The summed E-state index contributed by atoms with van der Waals surface area (Å²) in [5, 5.41) is 2.71. The summed E-state index contributed by atoms with van der Waals surface area (Å²) in [6.45, 7) is 2.04. The predicted octanol–water partition coefficient (Wildman–Crippen LogP) is 1.63. The van der Waals surface area contributed by atoms with Crippen molar-refractivity contribution < 1.29 is 22.7 Å². The standard InChI is InChI=1S/C15H19NO5S/c1-2-21-15(18)12-3-5-13(6-4-12)16-14(17)9-11-7-8-22(19,20)10-11/h3-6,11H,2,7-10H2,1H3,(H,16,17). The second-order valence-electron chi connectivity index (χ2n) is 5.32. The molecule has 2 rings (SSSR count). The Morgan fingerprint density at radius 2 is 1.95 bits per heavy atom. The number of nitrogens with one attached hydrogen (secondary N) is 1. The van der Waals surface area contributed by atoms with Crippen molar-refractivity contribution in [3.63, 3.8) is 0 Å². The lowest BCUT2D eigenvalue weighted by molar-refractivity contribution is -0.116. The fourth-order valence-electron chi connectivity index (χ4n) is 2.41. The molecule has 1 fully saturated rings. The zero-order valence-electron chi connectivity index (χ0n) is 12.4. The Balaban J connectivity index is 1.88. The second-order valence-corrected chi connectivity index (χ2v) is 7.55. The summed E-state index contributed by atoms with van der Waals surface area (Å²) in [6, 6.07) is 6.40. The van der Waals surface area contributed by atoms with Crippen molar-refractivity contribution in [3.8, 4) is 0 Å². The molecule has 6 nitrogen and oxygen atoms in total. The molecule has 0 spiro atoms. The molecule has 0 radical (unpaired) electrons. The third kappa shape index (κ3) is 4.56. The van der Waals surface area contributed by atoms with E-state index in [1.54, 1.807) is 31.2 Å². The molecule has 1 aromatic rings. The van der Waals surface area contributed by atoms with Crippen LogP contribution in [-0.4, -0.2) is 38.4 Å². The number of carbonyl (C=O) groups excluding carboxylic acids is 2. The smallest absolute Gasteiger partial charge is 0.338 e. The maximum atomic E-state index is 11.9. The first kappa shape index (κ1) is 16.5. The van der Waals surface area contributed by atoms with E-state index in [2.05, 4.69) is 5.32 Å². The van der Waals surface area contributed by atoms with Crippen LogP contribution in [0.1, 0.15) is 30.1 Å². The predicted molar refractivity (Wildman–Crippen MR) is 82.4 cm³/mol. The molecular formula is C15H19NO5S. The number of anilines is 1. The van der Waals surface area contributed by atoms with Gasteiger partial charge in [0.15, 0.2) is 9.84 Å². The van der Waals surface area contributed by atoms with E-state index in [4.69, 9.17) is 4.74 Å². The van der Waals surface area contributed by atoms with E-state index in [0.29, 0.717) is 24.3 Å². The van der Waals surface area contributed by atoms with Gasteiger partial charge in [-0.2, -0.15) is 0 Å². The molecule has 0 aliphatic carbocycles. The SMILES string of the molecule is CCOC(=O)c1ccc(NC(=O)CC2CCS(=O)(=O)C2)cc1. The Kier molecular flexibility index (Phi) is 5.18. The van der Waals surface area contributed by atoms with Crippen molar-refractivity contribution in [1.29, 1.82) is 0 Å². The van der Waals surface area contributed by atoms with Crippen LogP contribution in [0.25, 0.3) is 0 Å². The van der Waals surface area contributed by atoms with E-state index in [0.717, 1.165) is 0 Å². The molecule has 1 aliphatic rings. The summed E-state index contributed by atoms with van der Waals surface area (Å²) in [7, 11) is -2.97. The van der Waals surface area contributed by atoms with Gasteiger partial charge in [-0.3, -0.25) is 4.79 Å². The third-order valence-electron chi connectivity index (χ3n) is 3.48. The number of carbonyl (C=O) groups is 2. The molecule has 1 saturated heterocycles. The summed E-state index contributed by atoms with van der Waals surface area (Å²) in [5.41, 5.74) is 0.987. The highest BCUT2D eigenvalue weighted by atomic mass is 32.2. The fraction of sp³-hybridized carbons (Fsp3) is 0.467. The highest BCUT2D eigenvalue weighted by Crippen LogP contribution is 2.22. The Bertz CT molecular complexity index is 651. The molecule has 1 atom stereocenters. The van der Waals surface area contributed by atoms with Gasteiger partial charge in [-0.1, -0.05) is 0 Å². The van der Waals surface area contributed by atoms with Gasteiger partial charge in [0.25, 0.3) is 0 Å². The van der Waals surface area contributed by atoms with E-state index in [1.807, 2.05) is 0 Å². The van der Waals surface area contributed by atoms with Crippen molar-refractivity contribution >= 4 is 27.4 Å². The number of sulfone groups is 1. The molecule has 120 valence electrons. The van der Waals surface area contributed by atoms with Crippen LogP contribution in [0.3, 0.4) is 0 Å². The topological polar surface area (TPSA) is 89.5 Å². The van der Waals surface area contributed by atoms with E-state index < -0.39 is 15.8 Å². The van der Waals surface area contributed by atoms with Crippen molar-refractivity contribution in [2.75, 3.05) is 23.4 Å². The maximum absolute atomic E-state index is 11.9. The third-order valence-corrected chi connectivity index (χ3v) is 5.32. The van der Waals surface area contributed by atoms with Crippen molar-refractivity contribution in [2.45, 2.75) is 19.8 Å². The van der Waals surface area contributed by atoms with Crippen molar-refractivity contribution in [3.05, 3.63) is 29.8 Å². The van der Waals surface area contributed by atoms with Crippen LogP contribution >= 0.6 is 0 Å². The van der Waals surface area contributed by atoms with E-state index in [9.17, 15) is 18.0 Å². The first-order valence-corrected chi connectivity index (χ1v) is 8.99. The number of rotatable bonds is 5. The molecule has 1 unspecified atom stereocenters. The molecule has 1 aromatic carbocycles. The van der Waals surface area contributed by atoms with Gasteiger partial charge in [0.1, 0.15) is 0 Å². The highest BCUT2D eigenvalue weighted by molar-refractivity contribution is 7.91. The molecule has 1 aliphatic heterocycles. The number of benzene rings is 1. The van der Waals surface area contributed by atoms with Gasteiger partial charge in [-0.25, -0.2) is 13.2 Å². The lowest BCUT2D eigenvalue weighted by Gasteiger charge is -2.09. The molecule has 1 N–H and O–H groups in total. The summed E-state index contributed by atoms with van der Waals surface area (Å²) in [6.07, 6.45) is 0.733. The van der Waals surface area contributed by atoms with Crippen LogP contribution in [0.15, 0.2) is 24.3 Å². The van der Waals surface area contributed by atoms with E-state index in [1.165, 1.54) is 0 Å². The van der Waals surface area contributed by atoms with Crippen LogP contribution in [0.5, 0.6) is 0 Å². The first-order chi connectivity index (χ1) is 10.4. The van der Waals surface area contributed by atoms with Crippen LogP contribution in [-0.2, 0) is 19.4 Å². The van der Waals surface area contributed by atoms with Gasteiger partial charge in [0.2, 0.25) is 5.91 Å². The largest absolute Gasteiger partial charge is 0.462 e. The minimum absolute atomic E-state index is 0.0855. The number of ether oxygens (including phenoxy) is 1. The monoisotopic (exact) mass is 325 g/mol. The molecule has 22 heavy (non-hydrogen) atoms. The Hall–Kier alpha value is -1.89. The summed E-state index contributed by atoms with van der Waals surface area (Å²) >= 11 is 0. The average molecular weight is 325 g/mol. The summed E-state index contributed by atoms with van der Waals surface area (Å²) in [5.74, 6) is -0.479. The van der Waals surface area contributed by atoms with Gasteiger partial charge in [0.05, 0.1) is 23.7 Å². The number of amides is 1. The normalized spacial score (nSPS) is 19.6. The van der Waals surface area contributed by atoms with Crippen LogP contribution in [0, 0.1) is 5.92 Å². The van der Waals surface area contributed by atoms with Crippen LogP contribution in [0.2, 0.25) is 0 Å². The van der Waals surface area contributed by atoms with Crippen molar-refractivity contribution in [2.24, 2.45) is 5.92 Å². The highest BCUT2D eigenvalue weighted by Gasteiger charge is 2.29. The fourth-order valence-corrected chi connectivity index (χ4v) is 4.27. The molecule has 1 amide bonds. The van der Waals surface area contributed by atoms with E-state index >= 15 is 0 Å². The molecule has 7 heteroatoms. The lowest BCUT2D eigenvalue weighted by atomic mass is 10.0. The summed E-state index contributed by atoms with van der Waals surface area (Å²) in [4.78, 5) is 23.4. The Labute approximate surface area is 129 Å². The van der Waals surface area contributed by atoms with E-state index in [-0.39, 0.29) is 29.8 Å². The molecule has 1 heterocycles. The van der Waals surface area contributed by atoms with Gasteiger partial charge < -0.3 is 10.1 Å². The minimum Gasteiger partial charge on any atom is -0.462 e. The molecule has 0 aromatic heterocycles. The van der Waals surface area contributed by atoms with Gasteiger partial charge in [0, 0.05) is 12.1 Å². The van der Waals surface area contributed by atoms with Crippen molar-refractivity contribution in [1.82, 2.24) is 0 Å². The minimum atomic E-state index is -2.97. The molecule has 0 saturated carbocycles. The molecular weight excluding hydrogens is 306 g/mol. The van der Waals surface area contributed by atoms with Gasteiger partial charge in [-0.05, 0) is 43.5 Å². The number of hydrogen-bond donors (Lipinski definition) is 1. The number of esters is 1. The quantitative estimate of drug-likeness (QED) is 0.831. The molecule has 0 bridgehead atoms. The first-order valence-electron chi connectivity index (χ1n) is 7.17. The lowest BCUT2D eigenvalue weighted by Crippen LogP contribution is -2.17. The zero-order valence-corrected chi connectivity index (χ0v) is 13.2. The Morgan fingerprint density at radius 3 is 2.50 bits per heavy atom. The number of hydrogen-bond acceptors (Lipinski definition) is 5. The van der Waals surface area contributed by atoms with Crippen LogP contribution < -0.4 is 5.32 Å². The maximum Gasteiger partial charge on any atom is 0.338 e. The average Bonchev–Trinajstić information content (AvgIpc) is 2.78. The van der Waals surface area contributed by atoms with Crippen LogP contribution in [0.4, 0.5) is 5.69 Å². The van der Waals surface area contributed by atoms with Gasteiger partial charge in [-0.15, -0.1) is 0 Å². The van der Waals surface area contributed by atoms with Gasteiger partial charge >= 0.3 is 5.97 Å². The summed E-state index contributed by atoms with van der Waals surface area (Å²) < 4.78 is 27.6. The Morgan fingerprint density at radius 1 is 1.27 bits per heavy atom. The zero-order chi connectivity index (χ0) is 16.2. The second kappa shape index (κ2) is 6.91.